The Kier molecular flexibility index (Phi) is 6.04. The van der Waals surface area contributed by atoms with Gasteiger partial charge in [-0.1, -0.05) is 12.1 Å². The number of ether oxygens (including phenoxy) is 1. The summed E-state index contributed by atoms with van der Waals surface area (Å²) in [6.45, 7) is -0.961. The van der Waals surface area contributed by atoms with Gasteiger partial charge in [0.25, 0.3) is 0 Å². The van der Waals surface area contributed by atoms with Crippen LogP contribution in [-0.2, 0) is 4.79 Å². The van der Waals surface area contributed by atoms with Crippen LogP contribution in [0, 0.1) is 17.8 Å². The zero-order valence-corrected chi connectivity index (χ0v) is 14.3. The Balaban J connectivity index is 0.00000208. The number of rotatable bonds is 5. The van der Waals surface area contributed by atoms with Crippen molar-refractivity contribution in [2.45, 2.75) is 44.9 Å². The van der Waals surface area contributed by atoms with Crippen molar-refractivity contribution in [3.05, 3.63) is 29.8 Å². The minimum Gasteiger partial charge on any atom is -0.435 e. The third-order valence-electron chi connectivity index (χ3n) is 5.25. The second-order valence-electron chi connectivity index (χ2n) is 6.61. The van der Waals surface area contributed by atoms with Crippen LogP contribution in [0.1, 0.15) is 37.8 Å². The lowest BCUT2D eigenvalue weighted by molar-refractivity contribution is -0.127. The summed E-state index contributed by atoms with van der Waals surface area (Å²) in [6.07, 6.45) is 3.29. The highest BCUT2D eigenvalue weighted by atomic mass is 35.5. The Morgan fingerprint density at radius 2 is 1.88 bits per heavy atom. The summed E-state index contributed by atoms with van der Waals surface area (Å²) in [5, 5.41) is 3.01. The molecule has 1 aromatic rings. The van der Waals surface area contributed by atoms with Gasteiger partial charge in [0.05, 0.1) is 12.0 Å². The van der Waals surface area contributed by atoms with E-state index in [0.29, 0.717) is 11.8 Å². The van der Waals surface area contributed by atoms with E-state index in [1.54, 1.807) is 12.1 Å². The molecule has 0 radical (unpaired) electrons. The zero-order chi connectivity index (χ0) is 16.6. The van der Waals surface area contributed by atoms with E-state index in [4.69, 9.17) is 5.73 Å². The molecule has 0 spiro atoms. The molecule has 0 saturated heterocycles. The molecule has 134 valence electrons. The topological polar surface area (TPSA) is 64.4 Å². The van der Waals surface area contributed by atoms with E-state index in [-0.39, 0.29) is 42.1 Å². The predicted octanol–water partition coefficient (Wildman–Crippen LogP) is 3.26. The van der Waals surface area contributed by atoms with E-state index in [9.17, 15) is 13.6 Å². The van der Waals surface area contributed by atoms with Crippen molar-refractivity contribution >= 4 is 18.3 Å². The summed E-state index contributed by atoms with van der Waals surface area (Å²) in [5.74, 6) is 0.904. The first-order chi connectivity index (χ1) is 11.0. The molecule has 2 fully saturated rings. The maximum absolute atomic E-state index is 12.5. The van der Waals surface area contributed by atoms with Crippen LogP contribution in [0.3, 0.4) is 0 Å². The fourth-order valence-electron chi connectivity index (χ4n) is 4.06. The highest BCUT2D eigenvalue weighted by Gasteiger charge is 2.49. The highest BCUT2D eigenvalue weighted by molar-refractivity contribution is 5.85. The maximum atomic E-state index is 12.5. The Bertz CT molecular complexity index is 568. The Morgan fingerprint density at radius 3 is 2.42 bits per heavy atom. The van der Waals surface area contributed by atoms with Gasteiger partial charge >= 0.3 is 6.61 Å². The number of amides is 1. The van der Waals surface area contributed by atoms with Crippen LogP contribution < -0.4 is 15.8 Å². The fraction of sp³-hybridized carbons (Fsp3) is 0.588. The molecule has 4 nitrogen and oxygen atoms in total. The number of carbonyl (C=O) groups is 1. The molecule has 0 aliphatic heterocycles. The third-order valence-corrected chi connectivity index (χ3v) is 5.25. The summed E-state index contributed by atoms with van der Waals surface area (Å²) < 4.78 is 28.6. The number of halogens is 3. The van der Waals surface area contributed by atoms with Crippen molar-refractivity contribution in [2.24, 2.45) is 23.5 Å². The minimum absolute atomic E-state index is 0. The van der Waals surface area contributed by atoms with Crippen LogP contribution in [-0.4, -0.2) is 18.6 Å². The molecule has 24 heavy (non-hydrogen) atoms. The number of carbonyl (C=O) groups excluding carboxylic acids is 1. The normalized spacial score (nSPS) is 29.2. The maximum Gasteiger partial charge on any atom is 0.387 e. The summed E-state index contributed by atoms with van der Waals surface area (Å²) in [4.78, 5) is 12.5. The first-order valence-electron chi connectivity index (χ1n) is 8.06. The van der Waals surface area contributed by atoms with Crippen LogP contribution >= 0.6 is 12.4 Å². The summed E-state index contributed by atoms with van der Waals surface area (Å²) in [7, 11) is 0. The van der Waals surface area contributed by atoms with Gasteiger partial charge in [-0.25, -0.2) is 0 Å². The van der Waals surface area contributed by atoms with Crippen molar-refractivity contribution in [3.8, 4) is 5.75 Å². The van der Waals surface area contributed by atoms with E-state index in [0.717, 1.165) is 24.8 Å². The molecule has 1 amide bonds. The van der Waals surface area contributed by atoms with Gasteiger partial charge in [0.2, 0.25) is 5.91 Å². The number of alkyl halides is 2. The average Bonchev–Trinajstić information content (AvgIpc) is 3.08. The number of nitrogens with two attached hydrogens (primary N) is 1. The zero-order valence-electron chi connectivity index (χ0n) is 13.5. The number of hydrogen-bond donors (Lipinski definition) is 2. The molecule has 2 bridgehead atoms. The van der Waals surface area contributed by atoms with Crippen LogP contribution in [0.15, 0.2) is 24.3 Å². The van der Waals surface area contributed by atoms with E-state index in [2.05, 4.69) is 10.1 Å². The standard InChI is InChI=1S/C17H22F2N2O2.ClH/c1-9(10-4-6-13(7-5-10)23-17(18)19)21-16(22)14-11-2-3-12(8-11)15(14)20;/h4-7,9,11-12,14-15,17H,2-3,8,20H2,1H3,(H,21,22);1H. The molecular weight excluding hydrogens is 338 g/mol. The lowest BCUT2D eigenvalue weighted by atomic mass is 9.84. The summed E-state index contributed by atoms with van der Waals surface area (Å²) in [5.41, 5.74) is 7.04. The van der Waals surface area contributed by atoms with Crippen molar-refractivity contribution in [2.75, 3.05) is 0 Å². The average molecular weight is 361 g/mol. The number of hydrogen-bond acceptors (Lipinski definition) is 3. The Morgan fingerprint density at radius 1 is 1.25 bits per heavy atom. The lowest BCUT2D eigenvalue weighted by Gasteiger charge is -2.28. The number of benzene rings is 1. The molecule has 2 saturated carbocycles. The molecule has 3 rings (SSSR count). The molecule has 2 aliphatic rings. The van der Waals surface area contributed by atoms with Crippen LogP contribution in [0.4, 0.5) is 8.78 Å². The Hall–Kier alpha value is -1.40. The van der Waals surface area contributed by atoms with Gasteiger partial charge in [0.1, 0.15) is 5.75 Å². The first-order valence-corrected chi connectivity index (χ1v) is 8.06. The largest absolute Gasteiger partial charge is 0.435 e. The SMILES string of the molecule is CC(NC(=O)C1C2CCC(C2)C1N)c1ccc(OC(F)F)cc1.Cl. The van der Waals surface area contributed by atoms with Gasteiger partial charge in [-0.05, 0) is 55.7 Å². The predicted molar refractivity (Wildman–Crippen MR) is 89.2 cm³/mol. The van der Waals surface area contributed by atoms with Crippen molar-refractivity contribution in [3.63, 3.8) is 0 Å². The third kappa shape index (κ3) is 3.81. The molecule has 7 heteroatoms. The fourth-order valence-corrected chi connectivity index (χ4v) is 4.06. The van der Waals surface area contributed by atoms with Crippen LogP contribution in [0.2, 0.25) is 0 Å². The van der Waals surface area contributed by atoms with Crippen molar-refractivity contribution < 1.29 is 18.3 Å². The molecule has 0 heterocycles. The minimum atomic E-state index is -2.84. The van der Waals surface area contributed by atoms with Crippen LogP contribution in [0.5, 0.6) is 5.75 Å². The Labute approximate surface area is 146 Å². The van der Waals surface area contributed by atoms with Crippen molar-refractivity contribution in [1.82, 2.24) is 5.32 Å². The van der Waals surface area contributed by atoms with Gasteiger partial charge in [0, 0.05) is 6.04 Å². The van der Waals surface area contributed by atoms with Gasteiger partial charge < -0.3 is 15.8 Å². The quantitative estimate of drug-likeness (QED) is 0.847. The van der Waals surface area contributed by atoms with E-state index >= 15 is 0 Å². The van der Waals surface area contributed by atoms with E-state index < -0.39 is 6.61 Å². The second-order valence-corrected chi connectivity index (χ2v) is 6.61. The molecule has 5 unspecified atom stereocenters. The molecule has 1 aromatic carbocycles. The monoisotopic (exact) mass is 360 g/mol. The van der Waals surface area contributed by atoms with Crippen LogP contribution in [0.25, 0.3) is 0 Å². The lowest BCUT2D eigenvalue weighted by Crippen LogP contribution is -2.45. The molecular formula is C17H23ClF2N2O2. The van der Waals surface area contributed by atoms with E-state index in [1.807, 2.05) is 6.92 Å². The van der Waals surface area contributed by atoms with Crippen molar-refractivity contribution in [1.29, 1.82) is 0 Å². The van der Waals surface area contributed by atoms with Gasteiger partial charge in [-0.2, -0.15) is 8.78 Å². The number of nitrogens with one attached hydrogen (secondary N) is 1. The molecule has 5 atom stereocenters. The summed E-state index contributed by atoms with van der Waals surface area (Å²) in [6, 6.07) is 6.09. The molecule has 2 aliphatic carbocycles. The smallest absolute Gasteiger partial charge is 0.387 e. The van der Waals surface area contributed by atoms with Gasteiger partial charge in [0.15, 0.2) is 0 Å². The molecule has 0 aromatic heterocycles. The van der Waals surface area contributed by atoms with Gasteiger partial charge in [-0.15, -0.1) is 12.4 Å². The van der Waals surface area contributed by atoms with E-state index in [1.165, 1.54) is 12.1 Å². The summed E-state index contributed by atoms with van der Waals surface area (Å²) >= 11 is 0. The van der Waals surface area contributed by atoms with Gasteiger partial charge in [-0.3, -0.25) is 4.79 Å². The second kappa shape index (κ2) is 7.66. The highest BCUT2D eigenvalue weighted by Crippen LogP contribution is 2.47. The number of fused-ring (bicyclic) bond motifs is 2. The molecule has 3 N–H and O–H groups in total. The first kappa shape index (κ1) is 18.9.